The molecule has 7 heteroatoms. The number of hydrogen-bond donors (Lipinski definition) is 2. The molecule has 1 atom stereocenters. The van der Waals surface area contributed by atoms with Crippen LogP contribution in [-0.4, -0.2) is 26.8 Å². The van der Waals surface area contributed by atoms with Crippen LogP contribution in [0.5, 0.6) is 0 Å². The Kier molecular flexibility index (Phi) is 5.94. The smallest absolute Gasteiger partial charge is 0.243 e. The number of anilines is 1. The first-order chi connectivity index (χ1) is 10.5. The number of halogens is 2. The summed E-state index contributed by atoms with van der Waals surface area (Å²) in [6.07, 6.45) is 0.822. The largest absolute Gasteiger partial charge is 0.387 e. The second kappa shape index (κ2) is 7.72. The molecule has 118 valence electrons. The Morgan fingerprint density at radius 2 is 1.68 bits per heavy atom. The lowest BCUT2D eigenvalue weighted by Crippen LogP contribution is -2.16. The molecular weight excluding hydrogens is 323 g/mol. The van der Waals surface area contributed by atoms with Crippen molar-refractivity contribution in [3.05, 3.63) is 45.2 Å². The zero-order chi connectivity index (χ0) is 16.1. The summed E-state index contributed by atoms with van der Waals surface area (Å²) in [4.78, 5) is 4.41. The van der Waals surface area contributed by atoms with Crippen molar-refractivity contribution in [3.8, 4) is 0 Å². The van der Waals surface area contributed by atoms with Crippen LogP contribution in [-0.2, 0) is 12.8 Å². The second-order valence-corrected chi connectivity index (χ2v) is 5.71. The van der Waals surface area contributed by atoms with Gasteiger partial charge in [0.15, 0.2) is 0 Å². The van der Waals surface area contributed by atoms with Gasteiger partial charge in [0.2, 0.25) is 5.95 Å². The van der Waals surface area contributed by atoms with Crippen molar-refractivity contribution >= 4 is 29.2 Å². The molecule has 22 heavy (non-hydrogen) atoms. The third kappa shape index (κ3) is 4.29. The first-order valence-corrected chi connectivity index (χ1v) is 7.89. The summed E-state index contributed by atoms with van der Waals surface area (Å²) in [6, 6.07) is 4.98. The minimum absolute atomic E-state index is 0.243. The normalized spacial score (nSPS) is 12.2. The Balaban J connectivity index is 2.06. The number of nitrogens with one attached hydrogen (secondary N) is 1. The Hall–Kier alpha value is -1.43. The van der Waals surface area contributed by atoms with Crippen LogP contribution >= 0.6 is 23.2 Å². The van der Waals surface area contributed by atoms with Crippen molar-refractivity contribution < 1.29 is 5.11 Å². The lowest BCUT2D eigenvalue weighted by Gasteiger charge is -2.13. The van der Waals surface area contributed by atoms with E-state index in [0.29, 0.717) is 21.6 Å². The first kappa shape index (κ1) is 16.9. The number of aliphatic hydroxyl groups is 1. The molecule has 1 unspecified atom stereocenters. The summed E-state index contributed by atoms with van der Waals surface area (Å²) < 4.78 is 0. The molecule has 0 fully saturated rings. The molecular formula is C15H18Cl2N4O. The summed E-state index contributed by atoms with van der Waals surface area (Å²) in [5.74, 6) is 0.404. The molecule has 1 heterocycles. The SMILES string of the molecule is CCc1nnc(NCC(O)c2cc(Cl)cc(Cl)c2)nc1CC. The number of nitrogens with zero attached hydrogens (tertiary/aromatic N) is 3. The second-order valence-electron chi connectivity index (χ2n) is 4.84. The molecule has 2 aromatic rings. The van der Waals surface area contributed by atoms with Gasteiger partial charge in [-0.3, -0.25) is 0 Å². The van der Waals surface area contributed by atoms with E-state index in [1.807, 2.05) is 13.8 Å². The zero-order valence-electron chi connectivity index (χ0n) is 12.5. The van der Waals surface area contributed by atoms with Crippen molar-refractivity contribution in [2.24, 2.45) is 0 Å². The molecule has 1 aromatic carbocycles. The molecule has 5 nitrogen and oxygen atoms in total. The molecule has 0 amide bonds. The van der Waals surface area contributed by atoms with Crippen LogP contribution < -0.4 is 5.32 Å². The minimum atomic E-state index is -0.768. The van der Waals surface area contributed by atoms with Crippen molar-refractivity contribution in [3.63, 3.8) is 0 Å². The molecule has 2 N–H and O–H groups in total. The molecule has 0 radical (unpaired) electrons. The third-order valence-corrected chi connectivity index (χ3v) is 3.67. The first-order valence-electron chi connectivity index (χ1n) is 7.13. The van der Waals surface area contributed by atoms with Crippen molar-refractivity contribution in [1.82, 2.24) is 15.2 Å². The van der Waals surface area contributed by atoms with E-state index in [1.54, 1.807) is 18.2 Å². The zero-order valence-corrected chi connectivity index (χ0v) is 14.0. The Labute approximate surface area is 139 Å². The highest BCUT2D eigenvalue weighted by molar-refractivity contribution is 6.34. The molecule has 0 aliphatic carbocycles. The summed E-state index contributed by atoms with van der Waals surface area (Å²) in [5, 5.41) is 22.3. The van der Waals surface area contributed by atoms with E-state index in [4.69, 9.17) is 23.2 Å². The van der Waals surface area contributed by atoms with Crippen LogP contribution in [0.15, 0.2) is 18.2 Å². The van der Waals surface area contributed by atoms with E-state index in [2.05, 4.69) is 20.5 Å². The van der Waals surface area contributed by atoms with Crippen LogP contribution in [0.3, 0.4) is 0 Å². The average molecular weight is 341 g/mol. The average Bonchev–Trinajstić information content (AvgIpc) is 2.51. The summed E-state index contributed by atoms with van der Waals surface area (Å²) in [6.45, 7) is 4.29. The van der Waals surface area contributed by atoms with Gasteiger partial charge in [-0.2, -0.15) is 5.10 Å². The molecule has 2 rings (SSSR count). The number of rotatable bonds is 6. The predicted octanol–water partition coefficient (Wildman–Crippen LogP) is 3.45. The Bertz CT molecular complexity index is 631. The monoisotopic (exact) mass is 340 g/mol. The van der Waals surface area contributed by atoms with E-state index in [-0.39, 0.29) is 6.54 Å². The molecule has 1 aromatic heterocycles. The quantitative estimate of drug-likeness (QED) is 0.842. The lowest BCUT2D eigenvalue weighted by molar-refractivity contribution is 0.191. The van der Waals surface area contributed by atoms with Gasteiger partial charge in [-0.25, -0.2) is 4.98 Å². The van der Waals surface area contributed by atoms with Crippen molar-refractivity contribution in [2.75, 3.05) is 11.9 Å². The number of hydrogen-bond acceptors (Lipinski definition) is 5. The summed E-state index contributed by atoms with van der Waals surface area (Å²) in [5.41, 5.74) is 2.45. The standard InChI is InChI=1S/C15H18Cl2N4O/c1-3-12-13(4-2)20-21-15(19-12)18-8-14(22)9-5-10(16)7-11(17)6-9/h5-7,14,22H,3-4,8H2,1-2H3,(H,18,19,21). The van der Waals surface area contributed by atoms with Gasteiger partial charge < -0.3 is 10.4 Å². The highest BCUT2D eigenvalue weighted by Gasteiger charge is 2.11. The molecule has 0 saturated heterocycles. The minimum Gasteiger partial charge on any atom is -0.387 e. The van der Waals surface area contributed by atoms with Crippen LogP contribution in [0, 0.1) is 0 Å². The maximum absolute atomic E-state index is 10.2. The third-order valence-electron chi connectivity index (χ3n) is 3.23. The summed E-state index contributed by atoms with van der Waals surface area (Å²) >= 11 is 11.9. The van der Waals surface area contributed by atoms with Gasteiger partial charge in [-0.05, 0) is 36.6 Å². The fraction of sp³-hybridized carbons (Fsp3) is 0.400. The van der Waals surface area contributed by atoms with E-state index in [1.165, 1.54) is 0 Å². The maximum atomic E-state index is 10.2. The Morgan fingerprint density at radius 1 is 1.05 bits per heavy atom. The van der Waals surface area contributed by atoms with E-state index in [0.717, 1.165) is 24.2 Å². The number of aryl methyl sites for hydroxylation is 2. The van der Waals surface area contributed by atoms with Gasteiger partial charge in [0, 0.05) is 16.6 Å². The van der Waals surface area contributed by atoms with E-state index < -0.39 is 6.10 Å². The van der Waals surface area contributed by atoms with Gasteiger partial charge in [0.1, 0.15) is 0 Å². The van der Waals surface area contributed by atoms with E-state index in [9.17, 15) is 5.11 Å². The predicted molar refractivity (Wildman–Crippen MR) is 88.5 cm³/mol. The highest BCUT2D eigenvalue weighted by atomic mass is 35.5. The van der Waals surface area contributed by atoms with E-state index >= 15 is 0 Å². The molecule has 0 spiro atoms. The van der Waals surface area contributed by atoms with Crippen molar-refractivity contribution in [1.29, 1.82) is 0 Å². The lowest BCUT2D eigenvalue weighted by atomic mass is 10.1. The number of aromatic nitrogens is 3. The number of aliphatic hydroxyl groups excluding tert-OH is 1. The van der Waals surface area contributed by atoms with Gasteiger partial charge in [0.25, 0.3) is 0 Å². The van der Waals surface area contributed by atoms with Crippen LogP contribution in [0.25, 0.3) is 0 Å². The van der Waals surface area contributed by atoms with Gasteiger partial charge in [0.05, 0.1) is 17.5 Å². The van der Waals surface area contributed by atoms with Crippen LogP contribution in [0.4, 0.5) is 5.95 Å². The molecule has 0 aliphatic heterocycles. The maximum Gasteiger partial charge on any atom is 0.243 e. The molecule has 0 aliphatic rings. The van der Waals surface area contributed by atoms with Crippen molar-refractivity contribution in [2.45, 2.75) is 32.8 Å². The number of benzene rings is 1. The summed E-state index contributed by atoms with van der Waals surface area (Å²) in [7, 11) is 0. The van der Waals surface area contributed by atoms with Crippen LogP contribution in [0.2, 0.25) is 10.0 Å². The Morgan fingerprint density at radius 3 is 2.27 bits per heavy atom. The molecule has 0 bridgehead atoms. The van der Waals surface area contributed by atoms with Gasteiger partial charge in [-0.1, -0.05) is 37.0 Å². The fourth-order valence-electron chi connectivity index (χ4n) is 2.09. The molecule has 0 saturated carbocycles. The van der Waals surface area contributed by atoms with Gasteiger partial charge in [-0.15, -0.1) is 5.10 Å². The topological polar surface area (TPSA) is 70.9 Å². The van der Waals surface area contributed by atoms with Crippen LogP contribution in [0.1, 0.15) is 36.9 Å². The fourth-order valence-corrected chi connectivity index (χ4v) is 2.63. The van der Waals surface area contributed by atoms with Gasteiger partial charge >= 0.3 is 0 Å². The highest BCUT2D eigenvalue weighted by Crippen LogP contribution is 2.23.